The van der Waals surface area contributed by atoms with Gasteiger partial charge < -0.3 is 29.2 Å². The van der Waals surface area contributed by atoms with Gasteiger partial charge in [-0.25, -0.2) is 14.4 Å². The van der Waals surface area contributed by atoms with Gasteiger partial charge in [-0.05, 0) is 156 Å². The molecule has 11 nitrogen and oxygen atoms in total. The number of phenols is 1. The lowest BCUT2D eigenvalue weighted by atomic mass is 9.92. The van der Waals surface area contributed by atoms with Crippen molar-refractivity contribution in [3.8, 4) is 23.0 Å². The van der Waals surface area contributed by atoms with Crippen molar-refractivity contribution < 1.29 is 53.1 Å². The minimum atomic E-state index is -1.07. The molecule has 3 aromatic rings. The topological polar surface area (TPSA) is 163 Å². The normalized spacial score (nSPS) is 14.0. The number of allylic oxidation sites excluding steroid dienone is 2. The number of aromatic hydroxyl groups is 1. The summed E-state index contributed by atoms with van der Waals surface area (Å²) in [5.74, 6) is -4.88. The monoisotopic (exact) mass is 826 g/mol. The number of esters is 3. The van der Waals surface area contributed by atoms with Crippen molar-refractivity contribution in [2.45, 2.75) is 62.3 Å². The Hall–Kier alpha value is -4.75. The standard InChI is InChI=1S/C38H36Br2O11/c1-14-11-23(41)13-24(48-10)27(14)37(46)51-34-21(8)18(5)29(32(42)31(34)40)38(47)49-25-12-15(2)26(22(9)30(25)39)36(45)50-33-19(6)16(3)28(35(43)44)17(4)20(33)7/h11-13,27,42H,1-10H3,(H,43,44). The van der Waals surface area contributed by atoms with Crippen LogP contribution in [0, 0.1) is 61.3 Å². The predicted molar refractivity (Wildman–Crippen MR) is 194 cm³/mol. The molecule has 0 amide bonds. The van der Waals surface area contributed by atoms with Crippen molar-refractivity contribution in [3.05, 3.63) is 99.7 Å². The maximum atomic E-state index is 13.6. The molecule has 0 fully saturated rings. The Balaban J connectivity index is 1.65. The van der Waals surface area contributed by atoms with Gasteiger partial charge >= 0.3 is 23.9 Å². The van der Waals surface area contributed by atoms with Crippen molar-refractivity contribution in [1.29, 1.82) is 0 Å². The molecule has 0 radical (unpaired) electrons. The van der Waals surface area contributed by atoms with E-state index in [9.17, 15) is 34.2 Å². The van der Waals surface area contributed by atoms with Crippen LogP contribution in [0.5, 0.6) is 23.0 Å². The van der Waals surface area contributed by atoms with Gasteiger partial charge in [-0.2, -0.15) is 0 Å². The molecular formula is C38H36Br2O11. The summed E-state index contributed by atoms with van der Waals surface area (Å²) in [5, 5.41) is 20.9. The number of ether oxygens (including phenoxy) is 4. The van der Waals surface area contributed by atoms with E-state index in [0.29, 0.717) is 44.5 Å². The summed E-state index contributed by atoms with van der Waals surface area (Å²) in [4.78, 5) is 64.2. The van der Waals surface area contributed by atoms with Crippen LogP contribution < -0.4 is 14.2 Å². The van der Waals surface area contributed by atoms with Crippen LogP contribution in [-0.4, -0.2) is 47.0 Å². The first-order valence-electron chi connectivity index (χ1n) is 15.5. The van der Waals surface area contributed by atoms with Crippen LogP contribution >= 0.6 is 31.9 Å². The third-order valence-electron chi connectivity index (χ3n) is 9.23. The summed E-state index contributed by atoms with van der Waals surface area (Å²) in [6.07, 6.45) is 2.51. The highest BCUT2D eigenvalue weighted by atomic mass is 79.9. The van der Waals surface area contributed by atoms with Crippen LogP contribution in [-0.2, 0) is 14.3 Å². The third kappa shape index (κ3) is 7.09. The van der Waals surface area contributed by atoms with E-state index < -0.39 is 35.5 Å². The molecule has 0 heterocycles. The van der Waals surface area contributed by atoms with E-state index in [-0.39, 0.29) is 60.0 Å². The second kappa shape index (κ2) is 14.8. The van der Waals surface area contributed by atoms with Crippen molar-refractivity contribution in [2.75, 3.05) is 7.11 Å². The van der Waals surface area contributed by atoms with Gasteiger partial charge in [-0.3, -0.25) is 9.59 Å². The number of carbonyl (C=O) groups is 5. The minimum Gasteiger partial charge on any atom is -0.506 e. The number of phenolic OH excluding ortho intramolecular Hbond substituents is 1. The third-order valence-corrected chi connectivity index (χ3v) is 10.9. The van der Waals surface area contributed by atoms with E-state index in [1.807, 2.05) is 0 Å². The number of benzene rings is 3. The number of carboxylic acid groups (broad SMARTS) is 1. The molecule has 1 unspecified atom stereocenters. The molecule has 51 heavy (non-hydrogen) atoms. The summed E-state index contributed by atoms with van der Waals surface area (Å²) in [7, 11) is 1.34. The Labute approximate surface area is 311 Å². The van der Waals surface area contributed by atoms with E-state index in [1.54, 1.807) is 62.3 Å². The first kappa shape index (κ1) is 39.0. The Bertz CT molecular complexity index is 2080. The number of methoxy groups -OCH3 is 1. The molecule has 2 N–H and O–H groups in total. The lowest BCUT2D eigenvalue weighted by Crippen LogP contribution is -2.28. The average molecular weight is 829 g/mol. The van der Waals surface area contributed by atoms with Crippen LogP contribution in [0.2, 0.25) is 0 Å². The van der Waals surface area contributed by atoms with Gasteiger partial charge in [0.15, 0.2) is 11.5 Å². The molecule has 0 aliphatic heterocycles. The quantitative estimate of drug-likeness (QED) is 0.167. The first-order chi connectivity index (χ1) is 23.7. The molecule has 0 saturated heterocycles. The van der Waals surface area contributed by atoms with Crippen LogP contribution in [0.1, 0.15) is 82.5 Å². The maximum absolute atomic E-state index is 13.6. The Morgan fingerprint density at radius 3 is 1.75 bits per heavy atom. The number of carboxylic acids is 1. The molecule has 0 spiro atoms. The van der Waals surface area contributed by atoms with Crippen molar-refractivity contribution in [2.24, 2.45) is 5.92 Å². The summed E-state index contributed by atoms with van der Waals surface area (Å²) in [5.41, 5.74) is 4.08. The fourth-order valence-corrected chi connectivity index (χ4v) is 7.05. The van der Waals surface area contributed by atoms with E-state index >= 15 is 0 Å². The van der Waals surface area contributed by atoms with Crippen LogP contribution in [0.25, 0.3) is 0 Å². The van der Waals surface area contributed by atoms with Gasteiger partial charge in [0.1, 0.15) is 39.0 Å². The smallest absolute Gasteiger partial charge is 0.347 e. The van der Waals surface area contributed by atoms with Gasteiger partial charge in [0.05, 0.1) is 22.7 Å². The molecule has 13 heteroatoms. The minimum absolute atomic E-state index is 0.0316. The van der Waals surface area contributed by atoms with E-state index in [4.69, 9.17) is 18.9 Å². The fraction of sp³-hybridized carbons (Fsp3) is 0.289. The molecule has 0 saturated carbocycles. The molecular weight excluding hydrogens is 792 g/mol. The number of aryl methyl sites for hydroxylation is 1. The Morgan fingerprint density at radius 2 is 1.20 bits per heavy atom. The molecule has 0 bridgehead atoms. The Morgan fingerprint density at radius 1 is 0.667 bits per heavy atom. The molecule has 1 aliphatic carbocycles. The SMILES string of the molecule is COC1=CC(=O)C=C(C)C1C(=O)Oc1c(C)c(C)c(C(=O)Oc2cc(C)c(C(=O)Oc3c(C)c(C)c(C(=O)O)c(C)c3C)c(C)c2Br)c(O)c1Br. The first-order valence-corrected chi connectivity index (χ1v) is 17.1. The molecule has 3 aromatic carbocycles. The van der Waals surface area contributed by atoms with Gasteiger partial charge in [0, 0.05) is 6.08 Å². The summed E-state index contributed by atoms with van der Waals surface area (Å²) >= 11 is 6.70. The second-order valence-electron chi connectivity index (χ2n) is 12.3. The van der Waals surface area contributed by atoms with Gasteiger partial charge in [0.25, 0.3) is 0 Å². The van der Waals surface area contributed by atoms with Crippen molar-refractivity contribution >= 4 is 61.5 Å². The van der Waals surface area contributed by atoms with Crippen molar-refractivity contribution in [3.63, 3.8) is 0 Å². The highest BCUT2D eigenvalue weighted by Gasteiger charge is 2.34. The molecule has 0 aromatic heterocycles. The second-order valence-corrected chi connectivity index (χ2v) is 13.9. The van der Waals surface area contributed by atoms with Crippen LogP contribution in [0.3, 0.4) is 0 Å². The summed E-state index contributed by atoms with van der Waals surface area (Å²) in [6.45, 7) is 14.7. The van der Waals surface area contributed by atoms with Crippen LogP contribution in [0.4, 0.5) is 0 Å². The summed E-state index contributed by atoms with van der Waals surface area (Å²) in [6, 6.07) is 1.48. The lowest BCUT2D eigenvalue weighted by molar-refractivity contribution is -0.137. The van der Waals surface area contributed by atoms with Gasteiger partial charge in [-0.15, -0.1) is 0 Å². The zero-order chi connectivity index (χ0) is 38.4. The van der Waals surface area contributed by atoms with E-state index in [0.717, 1.165) is 0 Å². The number of hydrogen-bond donors (Lipinski definition) is 2. The lowest BCUT2D eigenvalue weighted by Gasteiger charge is -2.23. The van der Waals surface area contributed by atoms with E-state index in [1.165, 1.54) is 25.3 Å². The average Bonchev–Trinajstić information content (AvgIpc) is 3.05. The highest BCUT2D eigenvalue weighted by Crippen LogP contribution is 2.44. The largest absolute Gasteiger partial charge is 0.506 e. The molecule has 1 aliphatic rings. The van der Waals surface area contributed by atoms with Gasteiger partial charge in [-0.1, -0.05) is 0 Å². The number of carbonyl (C=O) groups excluding carboxylic acids is 4. The number of ketones is 1. The Kier molecular flexibility index (Phi) is 11.4. The zero-order valence-electron chi connectivity index (χ0n) is 29.6. The molecule has 268 valence electrons. The highest BCUT2D eigenvalue weighted by molar-refractivity contribution is 9.11. The number of rotatable bonds is 8. The molecule has 4 rings (SSSR count). The van der Waals surface area contributed by atoms with Crippen LogP contribution in [0.15, 0.2) is 38.5 Å². The summed E-state index contributed by atoms with van der Waals surface area (Å²) < 4.78 is 22.8. The number of aromatic carboxylic acids is 1. The predicted octanol–water partition coefficient (Wildman–Crippen LogP) is 8.10. The maximum Gasteiger partial charge on any atom is 0.347 e. The molecule has 1 atom stereocenters. The van der Waals surface area contributed by atoms with Gasteiger partial charge in [0.2, 0.25) is 0 Å². The fourth-order valence-electron chi connectivity index (χ4n) is 6.08. The number of halogens is 2. The van der Waals surface area contributed by atoms with Crippen molar-refractivity contribution in [1.82, 2.24) is 0 Å². The zero-order valence-corrected chi connectivity index (χ0v) is 32.8. The number of hydrogen-bond acceptors (Lipinski definition) is 10. The van der Waals surface area contributed by atoms with E-state index in [2.05, 4.69) is 31.9 Å².